The highest BCUT2D eigenvalue weighted by atomic mass is 16.5. The van der Waals surface area contributed by atoms with Gasteiger partial charge in [0.1, 0.15) is 12.4 Å². The highest BCUT2D eigenvalue weighted by molar-refractivity contribution is 5.55. The fourth-order valence-electron chi connectivity index (χ4n) is 1.35. The molecule has 0 amide bonds. The van der Waals surface area contributed by atoms with Crippen molar-refractivity contribution in [1.29, 1.82) is 5.26 Å². The molecule has 0 aromatic heterocycles. The van der Waals surface area contributed by atoms with Crippen LogP contribution in [0.1, 0.15) is 12.0 Å². The predicted octanol–water partition coefficient (Wildman–Crippen LogP) is 1.57. The molecular formula is C13H18N2O3. The first-order chi connectivity index (χ1) is 8.77. The van der Waals surface area contributed by atoms with Gasteiger partial charge in [-0.1, -0.05) is 0 Å². The third-order valence-electron chi connectivity index (χ3n) is 2.27. The predicted molar refractivity (Wildman–Crippen MR) is 68.4 cm³/mol. The van der Waals surface area contributed by atoms with Gasteiger partial charge >= 0.3 is 0 Å². The SMILES string of the molecule is COCCCOCCOc1cc(C#N)ccc1N. The molecule has 1 aromatic rings. The molecule has 98 valence electrons. The second-order valence-electron chi connectivity index (χ2n) is 3.67. The van der Waals surface area contributed by atoms with Crippen molar-refractivity contribution in [1.82, 2.24) is 0 Å². The Hall–Kier alpha value is -1.77. The first-order valence-corrected chi connectivity index (χ1v) is 5.77. The number of nitrogen functional groups attached to an aromatic ring is 1. The number of nitrogens with zero attached hydrogens (tertiary/aromatic N) is 1. The van der Waals surface area contributed by atoms with Crippen LogP contribution in [0.25, 0.3) is 0 Å². The van der Waals surface area contributed by atoms with E-state index >= 15 is 0 Å². The van der Waals surface area contributed by atoms with Crippen molar-refractivity contribution in [2.45, 2.75) is 6.42 Å². The maximum Gasteiger partial charge on any atom is 0.143 e. The molecule has 0 spiro atoms. The van der Waals surface area contributed by atoms with Gasteiger partial charge in [0.05, 0.1) is 23.9 Å². The molecule has 0 unspecified atom stereocenters. The van der Waals surface area contributed by atoms with Crippen molar-refractivity contribution in [2.24, 2.45) is 0 Å². The van der Waals surface area contributed by atoms with E-state index < -0.39 is 0 Å². The topological polar surface area (TPSA) is 77.5 Å². The van der Waals surface area contributed by atoms with Gasteiger partial charge in [-0.3, -0.25) is 0 Å². The number of hydrogen-bond acceptors (Lipinski definition) is 5. The summed E-state index contributed by atoms with van der Waals surface area (Å²) in [4.78, 5) is 0. The summed E-state index contributed by atoms with van der Waals surface area (Å²) >= 11 is 0. The van der Waals surface area contributed by atoms with Crippen molar-refractivity contribution in [2.75, 3.05) is 39.3 Å². The summed E-state index contributed by atoms with van der Waals surface area (Å²) in [5.41, 5.74) is 6.78. The van der Waals surface area contributed by atoms with E-state index in [0.29, 0.717) is 43.4 Å². The molecule has 18 heavy (non-hydrogen) atoms. The molecule has 5 heteroatoms. The number of methoxy groups -OCH3 is 1. The number of benzene rings is 1. The molecule has 1 aromatic carbocycles. The molecule has 0 aliphatic carbocycles. The first-order valence-electron chi connectivity index (χ1n) is 5.77. The molecule has 0 saturated heterocycles. The minimum atomic E-state index is 0.409. The molecule has 0 aliphatic heterocycles. The number of hydrogen-bond donors (Lipinski definition) is 1. The van der Waals surface area contributed by atoms with E-state index in [1.165, 1.54) is 0 Å². The van der Waals surface area contributed by atoms with E-state index in [9.17, 15) is 0 Å². The number of nitriles is 1. The Morgan fingerprint density at radius 3 is 2.78 bits per heavy atom. The lowest BCUT2D eigenvalue weighted by atomic mass is 10.2. The maximum absolute atomic E-state index is 8.76. The van der Waals surface area contributed by atoms with Crippen LogP contribution in [0.15, 0.2) is 18.2 Å². The molecule has 2 N–H and O–H groups in total. The van der Waals surface area contributed by atoms with E-state index in [1.807, 2.05) is 6.07 Å². The van der Waals surface area contributed by atoms with Crippen molar-refractivity contribution < 1.29 is 14.2 Å². The van der Waals surface area contributed by atoms with Gasteiger partial charge in [-0.15, -0.1) is 0 Å². The van der Waals surface area contributed by atoms with Crippen LogP contribution in [0.3, 0.4) is 0 Å². The lowest BCUT2D eigenvalue weighted by Gasteiger charge is -2.09. The lowest BCUT2D eigenvalue weighted by Crippen LogP contribution is -2.09. The molecule has 0 aliphatic rings. The Bertz CT molecular complexity index is 402. The van der Waals surface area contributed by atoms with Gasteiger partial charge in [-0.25, -0.2) is 0 Å². The standard InChI is InChI=1S/C13H18N2O3/c1-16-5-2-6-17-7-8-18-13-9-11(10-14)3-4-12(13)15/h3-4,9H,2,5-8,15H2,1H3. The third kappa shape index (κ3) is 5.04. The molecule has 0 atom stereocenters. The summed E-state index contributed by atoms with van der Waals surface area (Å²) in [6.45, 7) is 2.23. The van der Waals surface area contributed by atoms with Crippen LogP contribution in [0.2, 0.25) is 0 Å². The van der Waals surface area contributed by atoms with E-state index in [0.717, 1.165) is 6.42 Å². The van der Waals surface area contributed by atoms with E-state index in [1.54, 1.807) is 25.3 Å². The summed E-state index contributed by atoms with van der Waals surface area (Å²) in [6.07, 6.45) is 0.864. The summed E-state index contributed by atoms with van der Waals surface area (Å²) in [5.74, 6) is 0.523. The molecule has 0 bridgehead atoms. The Kier molecular flexibility index (Phi) is 6.62. The molecular weight excluding hydrogens is 232 g/mol. The van der Waals surface area contributed by atoms with Gasteiger partial charge in [-0.2, -0.15) is 5.26 Å². The quantitative estimate of drug-likeness (QED) is 0.559. The van der Waals surface area contributed by atoms with Crippen LogP contribution < -0.4 is 10.5 Å². The summed E-state index contributed by atoms with van der Waals surface area (Å²) < 4.78 is 15.7. The van der Waals surface area contributed by atoms with Crippen molar-refractivity contribution in [3.05, 3.63) is 23.8 Å². The Morgan fingerprint density at radius 2 is 2.06 bits per heavy atom. The largest absolute Gasteiger partial charge is 0.489 e. The van der Waals surface area contributed by atoms with Crippen LogP contribution in [-0.2, 0) is 9.47 Å². The van der Waals surface area contributed by atoms with Crippen LogP contribution in [0.5, 0.6) is 5.75 Å². The van der Waals surface area contributed by atoms with Crippen LogP contribution in [0.4, 0.5) is 5.69 Å². The van der Waals surface area contributed by atoms with Crippen molar-refractivity contribution in [3.8, 4) is 11.8 Å². The minimum absolute atomic E-state index is 0.409. The number of nitrogens with two attached hydrogens (primary N) is 1. The van der Waals surface area contributed by atoms with Gasteiger partial charge < -0.3 is 19.9 Å². The van der Waals surface area contributed by atoms with Gasteiger partial charge in [0.15, 0.2) is 0 Å². The average molecular weight is 250 g/mol. The first kappa shape index (κ1) is 14.3. The van der Waals surface area contributed by atoms with Gasteiger partial charge in [0.2, 0.25) is 0 Å². The lowest BCUT2D eigenvalue weighted by molar-refractivity contribution is 0.0808. The average Bonchev–Trinajstić information content (AvgIpc) is 2.39. The van der Waals surface area contributed by atoms with E-state index in [4.69, 9.17) is 25.2 Å². The Labute approximate surface area is 107 Å². The molecule has 1 rings (SSSR count). The normalized spacial score (nSPS) is 10.0. The second-order valence-corrected chi connectivity index (χ2v) is 3.67. The summed E-state index contributed by atoms with van der Waals surface area (Å²) in [7, 11) is 1.66. The molecule has 0 heterocycles. The van der Waals surface area contributed by atoms with Gasteiger partial charge in [0, 0.05) is 26.4 Å². The number of ether oxygens (including phenoxy) is 3. The van der Waals surface area contributed by atoms with Gasteiger partial charge in [0.25, 0.3) is 0 Å². The third-order valence-corrected chi connectivity index (χ3v) is 2.27. The zero-order valence-electron chi connectivity index (χ0n) is 10.5. The highest BCUT2D eigenvalue weighted by Gasteiger charge is 2.02. The molecule has 5 nitrogen and oxygen atoms in total. The smallest absolute Gasteiger partial charge is 0.143 e. The van der Waals surface area contributed by atoms with Crippen LogP contribution in [0, 0.1) is 11.3 Å². The molecule has 0 fully saturated rings. The number of anilines is 1. The second kappa shape index (κ2) is 8.34. The Morgan fingerprint density at radius 1 is 1.22 bits per heavy atom. The molecule has 0 saturated carbocycles. The summed E-state index contributed by atoms with van der Waals surface area (Å²) in [5, 5.41) is 8.76. The van der Waals surface area contributed by atoms with E-state index in [-0.39, 0.29) is 0 Å². The van der Waals surface area contributed by atoms with Gasteiger partial charge in [-0.05, 0) is 18.6 Å². The maximum atomic E-state index is 8.76. The van der Waals surface area contributed by atoms with Crippen molar-refractivity contribution in [3.63, 3.8) is 0 Å². The van der Waals surface area contributed by atoms with Crippen LogP contribution in [-0.4, -0.2) is 33.5 Å². The number of rotatable bonds is 8. The minimum Gasteiger partial charge on any atom is -0.489 e. The summed E-state index contributed by atoms with van der Waals surface area (Å²) in [6, 6.07) is 6.98. The van der Waals surface area contributed by atoms with Crippen molar-refractivity contribution >= 4 is 5.69 Å². The Balaban J connectivity index is 2.25. The zero-order valence-corrected chi connectivity index (χ0v) is 10.5. The fourth-order valence-corrected chi connectivity index (χ4v) is 1.35. The monoisotopic (exact) mass is 250 g/mol. The highest BCUT2D eigenvalue weighted by Crippen LogP contribution is 2.22. The zero-order chi connectivity index (χ0) is 13.2. The molecule has 0 radical (unpaired) electrons. The van der Waals surface area contributed by atoms with Crippen LogP contribution >= 0.6 is 0 Å². The fraction of sp³-hybridized carbons (Fsp3) is 0.462. The van der Waals surface area contributed by atoms with E-state index in [2.05, 4.69) is 0 Å².